The van der Waals surface area contributed by atoms with Gasteiger partial charge in [0.1, 0.15) is 18.4 Å². The number of nitrogens with one attached hydrogen (secondary N) is 1. The van der Waals surface area contributed by atoms with Gasteiger partial charge in [-0.05, 0) is 47.9 Å². The van der Waals surface area contributed by atoms with Crippen molar-refractivity contribution >= 4 is 62.3 Å². The first-order chi connectivity index (χ1) is 18.9. The number of carbonyl (C=O) groups is 2. The first kappa shape index (κ1) is 31.7. The fourth-order valence-corrected chi connectivity index (χ4v) is 5.35. The Morgan fingerprint density at radius 1 is 0.925 bits per heavy atom. The number of halogens is 4. The predicted octanol–water partition coefficient (Wildman–Crippen LogP) is 5.72. The Kier molecular flexibility index (Phi) is 11.2. The lowest BCUT2D eigenvalue weighted by Gasteiger charge is -2.33. The number of hydrogen-bond donors (Lipinski definition) is 1. The van der Waals surface area contributed by atoms with Gasteiger partial charge in [0.2, 0.25) is 21.8 Å². The number of carbonyl (C=O) groups excluding carboxylic acids is 2. The van der Waals surface area contributed by atoms with Crippen molar-refractivity contribution in [3.05, 3.63) is 98.7 Å². The molecular formula is C28H29Cl3FN3O4S. The molecule has 214 valence electrons. The van der Waals surface area contributed by atoms with E-state index in [-0.39, 0.29) is 28.7 Å². The van der Waals surface area contributed by atoms with Crippen molar-refractivity contribution in [2.75, 3.05) is 23.7 Å². The summed E-state index contributed by atoms with van der Waals surface area (Å²) < 4.78 is 40.2. The van der Waals surface area contributed by atoms with Gasteiger partial charge in [0.15, 0.2) is 0 Å². The van der Waals surface area contributed by atoms with Crippen molar-refractivity contribution in [1.82, 2.24) is 10.2 Å². The van der Waals surface area contributed by atoms with Gasteiger partial charge in [-0.1, -0.05) is 78.1 Å². The van der Waals surface area contributed by atoms with E-state index in [1.165, 1.54) is 11.0 Å². The average molecular weight is 629 g/mol. The van der Waals surface area contributed by atoms with Gasteiger partial charge in [0.05, 0.1) is 27.0 Å². The first-order valence-corrected chi connectivity index (χ1v) is 15.4. The third kappa shape index (κ3) is 8.57. The number of benzene rings is 3. The lowest BCUT2D eigenvalue weighted by atomic mass is 10.0. The normalized spacial score (nSPS) is 12.1. The molecule has 1 N–H and O–H groups in total. The summed E-state index contributed by atoms with van der Waals surface area (Å²) in [4.78, 5) is 28.7. The number of hydrogen-bond acceptors (Lipinski definition) is 4. The number of anilines is 1. The molecule has 0 aliphatic carbocycles. The molecule has 7 nitrogen and oxygen atoms in total. The van der Waals surface area contributed by atoms with Crippen LogP contribution in [-0.2, 0) is 32.6 Å². The highest BCUT2D eigenvalue weighted by atomic mass is 35.5. The summed E-state index contributed by atoms with van der Waals surface area (Å²) in [7, 11) is -4.01. The second-order valence-electron chi connectivity index (χ2n) is 9.13. The zero-order chi connectivity index (χ0) is 29.4. The summed E-state index contributed by atoms with van der Waals surface area (Å²) in [6, 6.07) is 16.4. The van der Waals surface area contributed by atoms with E-state index in [4.69, 9.17) is 34.8 Å². The molecule has 0 heterocycles. The van der Waals surface area contributed by atoms with Crippen LogP contribution in [0.3, 0.4) is 0 Å². The molecule has 0 bridgehead atoms. The molecule has 0 aromatic heterocycles. The molecule has 40 heavy (non-hydrogen) atoms. The Balaban J connectivity index is 2.07. The highest BCUT2D eigenvalue weighted by molar-refractivity contribution is 7.92. The molecule has 0 radical (unpaired) electrons. The Hall–Kier alpha value is -2.85. The molecule has 0 saturated heterocycles. The van der Waals surface area contributed by atoms with E-state index in [1.807, 2.05) is 37.3 Å². The standard InChI is InChI=1S/C28H29Cl3FN3O4S/c1-3-13-33-28(37)26(15-19-7-5-4-6-8-19)34(17-20-9-11-22(29)23(30)14-20)27(36)18-35(40(2,38)39)21-10-12-25(32)24(31)16-21/h4-12,14,16,26H,3,13,15,17-18H2,1-2H3,(H,33,37)/t26-/m1/s1. The van der Waals surface area contributed by atoms with E-state index in [0.29, 0.717) is 23.6 Å². The molecule has 0 fully saturated rings. The summed E-state index contributed by atoms with van der Waals surface area (Å²) in [6.07, 6.45) is 1.78. The number of amides is 2. The third-order valence-electron chi connectivity index (χ3n) is 6.03. The van der Waals surface area contributed by atoms with E-state index in [2.05, 4.69) is 5.32 Å². The molecule has 0 aliphatic rings. The Morgan fingerprint density at radius 2 is 1.62 bits per heavy atom. The maximum absolute atomic E-state index is 14.0. The summed E-state index contributed by atoms with van der Waals surface area (Å²) in [5, 5.41) is 3.14. The number of nitrogens with zero attached hydrogens (tertiary/aromatic N) is 2. The zero-order valence-corrected chi connectivity index (χ0v) is 25.0. The van der Waals surface area contributed by atoms with E-state index < -0.39 is 40.2 Å². The second kappa shape index (κ2) is 14.2. The topological polar surface area (TPSA) is 86.8 Å². The van der Waals surface area contributed by atoms with Crippen LogP contribution in [0.15, 0.2) is 66.7 Å². The van der Waals surface area contributed by atoms with Crippen molar-refractivity contribution < 1.29 is 22.4 Å². The molecule has 0 spiro atoms. The number of rotatable bonds is 12. The summed E-state index contributed by atoms with van der Waals surface area (Å²) >= 11 is 18.2. The molecule has 0 aliphatic heterocycles. The molecule has 1 atom stereocenters. The van der Waals surface area contributed by atoms with E-state index in [9.17, 15) is 22.4 Å². The Labute approximate surface area is 248 Å². The van der Waals surface area contributed by atoms with Gasteiger partial charge >= 0.3 is 0 Å². The van der Waals surface area contributed by atoms with Crippen LogP contribution < -0.4 is 9.62 Å². The van der Waals surface area contributed by atoms with Crippen LogP contribution in [0.25, 0.3) is 0 Å². The van der Waals surface area contributed by atoms with Crippen LogP contribution in [0.2, 0.25) is 15.1 Å². The van der Waals surface area contributed by atoms with E-state index in [0.717, 1.165) is 28.3 Å². The van der Waals surface area contributed by atoms with Crippen molar-refractivity contribution in [2.24, 2.45) is 0 Å². The number of sulfonamides is 1. The van der Waals surface area contributed by atoms with E-state index >= 15 is 0 Å². The maximum Gasteiger partial charge on any atom is 0.244 e. The predicted molar refractivity (Wildman–Crippen MR) is 158 cm³/mol. The van der Waals surface area contributed by atoms with Crippen molar-refractivity contribution in [3.8, 4) is 0 Å². The zero-order valence-electron chi connectivity index (χ0n) is 21.9. The minimum absolute atomic E-state index is 0.00628. The molecule has 0 unspecified atom stereocenters. The van der Waals surface area contributed by atoms with Crippen LogP contribution in [0.4, 0.5) is 10.1 Å². The molecule has 3 rings (SSSR count). The van der Waals surface area contributed by atoms with Gasteiger partial charge in [0.25, 0.3) is 0 Å². The fourth-order valence-electron chi connectivity index (χ4n) is 4.01. The molecule has 2 amide bonds. The molecule has 12 heteroatoms. The smallest absolute Gasteiger partial charge is 0.244 e. The van der Waals surface area contributed by atoms with Crippen LogP contribution in [0, 0.1) is 5.82 Å². The van der Waals surface area contributed by atoms with E-state index in [1.54, 1.807) is 18.2 Å². The van der Waals surface area contributed by atoms with Crippen molar-refractivity contribution in [1.29, 1.82) is 0 Å². The van der Waals surface area contributed by atoms with Gasteiger partial charge in [-0.25, -0.2) is 12.8 Å². The minimum atomic E-state index is -4.01. The lowest BCUT2D eigenvalue weighted by molar-refractivity contribution is -0.140. The molecular weight excluding hydrogens is 600 g/mol. The maximum atomic E-state index is 14.0. The highest BCUT2D eigenvalue weighted by Crippen LogP contribution is 2.27. The SMILES string of the molecule is CCCNC(=O)[C@@H](Cc1ccccc1)N(Cc1ccc(Cl)c(Cl)c1)C(=O)CN(c1ccc(F)c(Cl)c1)S(C)(=O)=O. The second-order valence-corrected chi connectivity index (χ2v) is 12.3. The van der Waals surface area contributed by atoms with Crippen LogP contribution in [0.5, 0.6) is 0 Å². The van der Waals surface area contributed by atoms with Gasteiger partial charge < -0.3 is 10.2 Å². The summed E-state index contributed by atoms with van der Waals surface area (Å²) in [5.74, 6) is -1.79. The van der Waals surface area contributed by atoms with Gasteiger partial charge in [0, 0.05) is 19.5 Å². The minimum Gasteiger partial charge on any atom is -0.354 e. The quantitative estimate of drug-likeness (QED) is 0.278. The third-order valence-corrected chi connectivity index (χ3v) is 8.20. The van der Waals surface area contributed by atoms with Crippen LogP contribution >= 0.6 is 34.8 Å². The van der Waals surface area contributed by atoms with Crippen LogP contribution in [0.1, 0.15) is 24.5 Å². The monoisotopic (exact) mass is 627 g/mol. The van der Waals surface area contributed by atoms with Crippen molar-refractivity contribution in [2.45, 2.75) is 32.4 Å². The molecule has 0 saturated carbocycles. The average Bonchev–Trinajstić information content (AvgIpc) is 2.91. The van der Waals surface area contributed by atoms with Gasteiger partial charge in [-0.15, -0.1) is 0 Å². The highest BCUT2D eigenvalue weighted by Gasteiger charge is 2.33. The molecule has 3 aromatic carbocycles. The largest absolute Gasteiger partial charge is 0.354 e. The lowest BCUT2D eigenvalue weighted by Crippen LogP contribution is -2.53. The van der Waals surface area contributed by atoms with Gasteiger partial charge in [-0.2, -0.15) is 0 Å². The first-order valence-electron chi connectivity index (χ1n) is 12.4. The van der Waals surface area contributed by atoms with Gasteiger partial charge in [-0.3, -0.25) is 13.9 Å². The van der Waals surface area contributed by atoms with Crippen LogP contribution in [-0.4, -0.2) is 50.5 Å². The summed E-state index contributed by atoms with van der Waals surface area (Å²) in [6.45, 7) is 1.58. The summed E-state index contributed by atoms with van der Waals surface area (Å²) in [5.41, 5.74) is 1.39. The molecule has 3 aromatic rings. The Bertz CT molecular complexity index is 1460. The fraction of sp³-hybridized carbons (Fsp3) is 0.286. The van der Waals surface area contributed by atoms with Crippen molar-refractivity contribution in [3.63, 3.8) is 0 Å². The Morgan fingerprint density at radius 3 is 2.23 bits per heavy atom.